The Labute approximate surface area is 104 Å². The SMILES string of the molecule is CCC(C)NC(=O)C(C)N1CC[C@H](N)C1.Cl. The van der Waals surface area contributed by atoms with Gasteiger partial charge in [-0.15, -0.1) is 12.4 Å². The van der Waals surface area contributed by atoms with E-state index < -0.39 is 0 Å². The summed E-state index contributed by atoms with van der Waals surface area (Å²) in [5.74, 6) is 0.124. The molecule has 0 bridgehead atoms. The zero-order valence-electron chi connectivity index (χ0n) is 10.4. The zero-order valence-corrected chi connectivity index (χ0v) is 11.2. The highest BCUT2D eigenvalue weighted by molar-refractivity contribution is 5.85. The number of carbonyl (C=O) groups is 1. The summed E-state index contributed by atoms with van der Waals surface area (Å²) >= 11 is 0. The van der Waals surface area contributed by atoms with Gasteiger partial charge in [0.05, 0.1) is 6.04 Å². The molecule has 0 saturated carbocycles. The van der Waals surface area contributed by atoms with Crippen LogP contribution < -0.4 is 11.1 Å². The standard InChI is InChI=1S/C11H23N3O.ClH/c1-4-8(2)13-11(15)9(3)14-6-5-10(12)7-14;/h8-10H,4-7,12H2,1-3H3,(H,13,15);1H/t8?,9?,10-;/m0./s1. The molecule has 4 nitrogen and oxygen atoms in total. The van der Waals surface area contributed by atoms with E-state index in [1.807, 2.05) is 13.8 Å². The smallest absolute Gasteiger partial charge is 0.237 e. The quantitative estimate of drug-likeness (QED) is 0.773. The van der Waals surface area contributed by atoms with Gasteiger partial charge in [0.15, 0.2) is 0 Å². The molecule has 1 rings (SSSR count). The molecule has 0 radical (unpaired) electrons. The van der Waals surface area contributed by atoms with Crippen molar-refractivity contribution < 1.29 is 4.79 Å². The fraction of sp³-hybridized carbons (Fsp3) is 0.909. The van der Waals surface area contributed by atoms with Crippen molar-refractivity contribution in [2.45, 2.75) is 51.7 Å². The van der Waals surface area contributed by atoms with E-state index in [0.29, 0.717) is 0 Å². The first-order valence-corrected chi connectivity index (χ1v) is 5.84. The molecule has 0 aromatic carbocycles. The van der Waals surface area contributed by atoms with Crippen LogP contribution in [0.25, 0.3) is 0 Å². The number of hydrogen-bond acceptors (Lipinski definition) is 3. The van der Waals surface area contributed by atoms with Gasteiger partial charge in [0.25, 0.3) is 0 Å². The van der Waals surface area contributed by atoms with Gasteiger partial charge in [0.2, 0.25) is 5.91 Å². The molecule has 1 saturated heterocycles. The van der Waals surface area contributed by atoms with Gasteiger partial charge >= 0.3 is 0 Å². The zero-order chi connectivity index (χ0) is 11.4. The Bertz CT molecular complexity index is 225. The Morgan fingerprint density at radius 2 is 2.19 bits per heavy atom. The molecule has 1 amide bonds. The summed E-state index contributed by atoms with van der Waals surface area (Å²) < 4.78 is 0. The van der Waals surface area contributed by atoms with E-state index in [9.17, 15) is 4.79 Å². The van der Waals surface area contributed by atoms with Gasteiger partial charge in [-0.1, -0.05) is 6.92 Å². The first-order valence-electron chi connectivity index (χ1n) is 5.84. The third-order valence-corrected chi connectivity index (χ3v) is 3.18. The van der Waals surface area contributed by atoms with Crippen LogP contribution in [0.15, 0.2) is 0 Å². The summed E-state index contributed by atoms with van der Waals surface area (Å²) in [4.78, 5) is 14.0. The topological polar surface area (TPSA) is 58.4 Å². The highest BCUT2D eigenvalue weighted by Gasteiger charge is 2.27. The van der Waals surface area contributed by atoms with Crippen molar-refractivity contribution in [3.63, 3.8) is 0 Å². The van der Waals surface area contributed by atoms with Crippen LogP contribution >= 0.6 is 12.4 Å². The lowest BCUT2D eigenvalue weighted by Crippen LogP contribution is -2.47. The summed E-state index contributed by atoms with van der Waals surface area (Å²) in [6.07, 6.45) is 1.97. The van der Waals surface area contributed by atoms with Crippen molar-refractivity contribution in [2.24, 2.45) is 5.73 Å². The number of hydrogen-bond donors (Lipinski definition) is 2. The number of carbonyl (C=O) groups excluding carboxylic acids is 1. The molecule has 3 atom stereocenters. The van der Waals surface area contributed by atoms with Crippen LogP contribution in [0.4, 0.5) is 0 Å². The molecule has 1 heterocycles. The fourth-order valence-corrected chi connectivity index (χ4v) is 1.80. The second-order valence-electron chi connectivity index (χ2n) is 4.54. The summed E-state index contributed by atoms with van der Waals surface area (Å²) in [5, 5.41) is 3.00. The molecule has 16 heavy (non-hydrogen) atoms. The Kier molecular flexibility index (Phi) is 6.95. The third kappa shape index (κ3) is 4.28. The van der Waals surface area contributed by atoms with Crippen LogP contribution in [0.1, 0.15) is 33.6 Å². The van der Waals surface area contributed by atoms with E-state index in [4.69, 9.17) is 5.73 Å². The number of nitrogens with zero attached hydrogens (tertiary/aromatic N) is 1. The largest absolute Gasteiger partial charge is 0.352 e. The van der Waals surface area contributed by atoms with Crippen molar-refractivity contribution in [1.82, 2.24) is 10.2 Å². The second-order valence-corrected chi connectivity index (χ2v) is 4.54. The van der Waals surface area contributed by atoms with E-state index in [-0.39, 0.29) is 36.4 Å². The first-order chi connectivity index (χ1) is 7.04. The minimum atomic E-state index is -0.0486. The fourth-order valence-electron chi connectivity index (χ4n) is 1.80. The Hall–Kier alpha value is -0.320. The Morgan fingerprint density at radius 1 is 1.56 bits per heavy atom. The predicted molar refractivity (Wildman–Crippen MR) is 68.8 cm³/mol. The molecule has 3 N–H and O–H groups in total. The van der Waals surface area contributed by atoms with E-state index in [2.05, 4.69) is 17.1 Å². The van der Waals surface area contributed by atoms with Crippen molar-refractivity contribution in [1.29, 1.82) is 0 Å². The van der Waals surface area contributed by atoms with Crippen LogP contribution in [-0.2, 0) is 4.79 Å². The number of nitrogens with one attached hydrogen (secondary N) is 1. The number of halogens is 1. The van der Waals surface area contributed by atoms with E-state index >= 15 is 0 Å². The first kappa shape index (κ1) is 15.7. The average Bonchev–Trinajstić information content (AvgIpc) is 2.63. The molecule has 2 unspecified atom stereocenters. The normalized spacial score (nSPS) is 24.6. The van der Waals surface area contributed by atoms with E-state index in [0.717, 1.165) is 25.9 Å². The summed E-state index contributed by atoms with van der Waals surface area (Å²) in [5.41, 5.74) is 5.82. The molecular weight excluding hydrogens is 226 g/mol. The van der Waals surface area contributed by atoms with Gasteiger partial charge in [0, 0.05) is 25.2 Å². The monoisotopic (exact) mass is 249 g/mol. The minimum Gasteiger partial charge on any atom is -0.352 e. The van der Waals surface area contributed by atoms with Gasteiger partial charge in [-0.05, 0) is 26.7 Å². The molecule has 96 valence electrons. The molecule has 0 aromatic rings. The number of amides is 1. The van der Waals surface area contributed by atoms with Crippen LogP contribution in [0.3, 0.4) is 0 Å². The highest BCUT2D eigenvalue weighted by atomic mass is 35.5. The van der Waals surface area contributed by atoms with Crippen molar-refractivity contribution in [3.8, 4) is 0 Å². The van der Waals surface area contributed by atoms with E-state index in [1.165, 1.54) is 0 Å². The Balaban J connectivity index is 0.00000225. The second kappa shape index (κ2) is 7.09. The summed E-state index contributed by atoms with van der Waals surface area (Å²) in [6.45, 7) is 7.84. The third-order valence-electron chi connectivity index (χ3n) is 3.18. The molecule has 1 fully saturated rings. The maximum Gasteiger partial charge on any atom is 0.237 e. The minimum absolute atomic E-state index is 0. The van der Waals surface area contributed by atoms with Crippen molar-refractivity contribution in [2.75, 3.05) is 13.1 Å². The van der Waals surface area contributed by atoms with E-state index in [1.54, 1.807) is 0 Å². The summed E-state index contributed by atoms with van der Waals surface area (Å²) in [7, 11) is 0. The maximum absolute atomic E-state index is 11.8. The van der Waals surface area contributed by atoms with Crippen molar-refractivity contribution in [3.05, 3.63) is 0 Å². The van der Waals surface area contributed by atoms with Crippen LogP contribution in [-0.4, -0.2) is 42.0 Å². The van der Waals surface area contributed by atoms with Crippen LogP contribution in [0.2, 0.25) is 0 Å². The molecule has 0 aliphatic carbocycles. The molecular formula is C11H24ClN3O. The van der Waals surface area contributed by atoms with Gasteiger partial charge in [-0.3, -0.25) is 9.69 Å². The lowest BCUT2D eigenvalue weighted by molar-refractivity contribution is -0.126. The average molecular weight is 250 g/mol. The van der Waals surface area contributed by atoms with Crippen LogP contribution in [0.5, 0.6) is 0 Å². The Morgan fingerprint density at radius 3 is 2.62 bits per heavy atom. The van der Waals surface area contributed by atoms with Gasteiger partial charge < -0.3 is 11.1 Å². The molecule has 0 aromatic heterocycles. The predicted octanol–water partition coefficient (Wildman–Crippen LogP) is 0.744. The lowest BCUT2D eigenvalue weighted by atomic mass is 10.2. The van der Waals surface area contributed by atoms with Crippen molar-refractivity contribution >= 4 is 18.3 Å². The van der Waals surface area contributed by atoms with Gasteiger partial charge in [-0.2, -0.15) is 0 Å². The lowest BCUT2D eigenvalue weighted by Gasteiger charge is -2.24. The summed E-state index contributed by atoms with van der Waals surface area (Å²) in [6, 6.07) is 0.452. The molecule has 5 heteroatoms. The number of likely N-dealkylation sites (tertiary alicyclic amines) is 1. The highest BCUT2D eigenvalue weighted by Crippen LogP contribution is 2.11. The number of rotatable bonds is 4. The van der Waals surface area contributed by atoms with Crippen LogP contribution in [0, 0.1) is 0 Å². The maximum atomic E-state index is 11.8. The molecule has 0 spiro atoms. The van der Waals surface area contributed by atoms with Gasteiger partial charge in [0.1, 0.15) is 0 Å². The van der Waals surface area contributed by atoms with Gasteiger partial charge in [-0.25, -0.2) is 0 Å². The molecule has 1 aliphatic rings. The molecule has 1 aliphatic heterocycles. The number of nitrogens with two attached hydrogens (primary N) is 1.